The van der Waals surface area contributed by atoms with Crippen LogP contribution in [0.25, 0.3) is 5.65 Å². The van der Waals surface area contributed by atoms with E-state index in [1.54, 1.807) is 11.1 Å². The first-order chi connectivity index (χ1) is 25.7. The van der Waals surface area contributed by atoms with Crippen LogP contribution in [-0.4, -0.2) is 104 Å². The maximum atomic E-state index is 13.2. The number of anilines is 2. The number of rotatable bonds is 10. The van der Waals surface area contributed by atoms with Gasteiger partial charge in [0.2, 0.25) is 5.91 Å². The molecule has 276 valence electrons. The van der Waals surface area contributed by atoms with E-state index in [4.69, 9.17) is 4.98 Å². The molecule has 53 heavy (non-hydrogen) atoms. The number of hydrogen-bond donors (Lipinski definition) is 2. The maximum absolute atomic E-state index is 13.2. The van der Waals surface area contributed by atoms with Gasteiger partial charge < -0.3 is 20.4 Å². The number of nitrogens with one attached hydrogen (secondary N) is 2. The number of fused-ring (bicyclic) bond motifs is 2. The molecule has 0 spiro atoms. The zero-order valence-electron chi connectivity index (χ0n) is 30.5. The van der Waals surface area contributed by atoms with Crippen molar-refractivity contribution in [2.24, 2.45) is 0 Å². The van der Waals surface area contributed by atoms with Crippen molar-refractivity contribution in [3.05, 3.63) is 88.7 Å². The molecule has 5 heterocycles. The topological polar surface area (TPSA) is 135 Å². The Morgan fingerprint density at radius 3 is 2.51 bits per heavy atom. The quantitative estimate of drug-likeness (QED) is 0.235. The molecule has 8 rings (SSSR count). The molecule has 2 aromatic carbocycles. The van der Waals surface area contributed by atoms with Crippen LogP contribution < -0.4 is 15.5 Å². The molecule has 4 aromatic rings. The average Bonchev–Trinajstić information content (AvgIpc) is 3.90. The molecule has 3 aliphatic heterocycles. The number of carbonyl (C=O) groups is 4. The van der Waals surface area contributed by atoms with Gasteiger partial charge in [0, 0.05) is 99.5 Å². The van der Waals surface area contributed by atoms with Crippen LogP contribution >= 0.6 is 0 Å². The van der Waals surface area contributed by atoms with Crippen molar-refractivity contribution >= 4 is 40.8 Å². The molecular formula is C40H47N9O4. The Morgan fingerprint density at radius 2 is 1.72 bits per heavy atom. The minimum atomic E-state index is -0.594. The van der Waals surface area contributed by atoms with E-state index in [9.17, 15) is 19.2 Å². The highest BCUT2D eigenvalue weighted by atomic mass is 16.2. The minimum Gasteiger partial charge on any atom is -0.369 e. The molecule has 2 aromatic heterocycles. The molecule has 13 heteroatoms. The van der Waals surface area contributed by atoms with Gasteiger partial charge in [-0.05, 0) is 73.6 Å². The summed E-state index contributed by atoms with van der Waals surface area (Å²) in [6, 6.07) is 17.7. The predicted octanol–water partition coefficient (Wildman–Crippen LogP) is 3.87. The molecule has 4 amide bonds. The zero-order valence-corrected chi connectivity index (χ0v) is 30.5. The van der Waals surface area contributed by atoms with E-state index in [-0.39, 0.29) is 42.1 Å². The molecule has 2 saturated heterocycles. The number of aryl methyl sites for hydroxylation is 1. The van der Waals surface area contributed by atoms with Gasteiger partial charge in [-0.2, -0.15) is 9.61 Å². The number of aromatic nitrogens is 3. The van der Waals surface area contributed by atoms with E-state index in [0.29, 0.717) is 24.1 Å². The Balaban J connectivity index is 0.803. The third kappa shape index (κ3) is 7.09. The lowest BCUT2D eigenvalue weighted by Crippen LogP contribution is -2.53. The van der Waals surface area contributed by atoms with E-state index in [1.807, 2.05) is 34.8 Å². The molecule has 3 atom stereocenters. The van der Waals surface area contributed by atoms with Gasteiger partial charge in [0.1, 0.15) is 11.9 Å². The van der Waals surface area contributed by atoms with E-state index in [0.717, 1.165) is 98.1 Å². The van der Waals surface area contributed by atoms with Gasteiger partial charge in [-0.15, -0.1) is 0 Å². The highest BCUT2D eigenvalue weighted by Gasteiger charge is 2.41. The Morgan fingerprint density at radius 1 is 0.925 bits per heavy atom. The molecule has 4 aliphatic rings. The minimum absolute atomic E-state index is 0.0358. The van der Waals surface area contributed by atoms with Crippen molar-refractivity contribution in [1.29, 1.82) is 0 Å². The molecule has 2 N–H and O–H groups in total. The van der Waals surface area contributed by atoms with E-state index in [2.05, 4.69) is 56.7 Å². The maximum Gasteiger partial charge on any atom is 0.255 e. The van der Waals surface area contributed by atoms with Crippen LogP contribution in [0.3, 0.4) is 0 Å². The van der Waals surface area contributed by atoms with Gasteiger partial charge in [0.05, 0.1) is 6.20 Å². The van der Waals surface area contributed by atoms with Crippen molar-refractivity contribution in [2.45, 2.75) is 83.1 Å². The number of piperazine rings is 1. The van der Waals surface area contributed by atoms with E-state index < -0.39 is 6.04 Å². The second-order valence-corrected chi connectivity index (χ2v) is 14.9. The van der Waals surface area contributed by atoms with Crippen molar-refractivity contribution in [3.8, 4) is 0 Å². The average molecular weight is 718 g/mol. The number of carbonyl (C=O) groups excluding carboxylic acids is 4. The monoisotopic (exact) mass is 717 g/mol. The summed E-state index contributed by atoms with van der Waals surface area (Å²) in [5.74, 6) is 0.279. The third-order valence-corrected chi connectivity index (χ3v) is 11.3. The predicted molar refractivity (Wildman–Crippen MR) is 201 cm³/mol. The van der Waals surface area contributed by atoms with E-state index in [1.165, 1.54) is 12.6 Å². The Bertz CT molecular complexity index is 2040. The van der Waals surface area contributed by atoms with Gasteiger partial charge in [-0.1, -0.05) is 25.5 Å². The van der Waals surface area contributed by atoms with Crippen molar-refractivity contribution in [2.75, 3.05) is 43.4 Å². The Labute approximate surface area is 309 Å². The van der Waals surface area contributed by atoms with Crippen LogP contribution in [0.2, 0.25) is 0 Å². The molecule has 0 radical (unpaired) electrons. The summed E-state index contributed by atoms with van der Waals surface area (Å²) in [5.41, 5.74) is 6.40. The first-order valence-electron chi connectivity index (χ1n) is 19.0. The van der Waals surface area contributed by atoms with Crippen molar-refractivity contribution < 1.29 is 19.2 Å². The smallest absolute Gasteiger partial charge is 0.255 e. The fourth-order valence-corrected chi connectivity index (χ4v) is 8.32. The number of piperidine rings is 1. The van der Waals surface area contributed by atoms with Crippen LogP contribution in [0.5, 0.6) is 0 Å². The van der Waals surface area contributed by atoms with Gasteiger partial charge >= 0.3 is 0 Å². The number of amides is 4. The standard InChI is InChI=1S/C40H47N9O4/c1-3-4-29-23-36(49-35(42-29)15-16-41-49)43-30-9-10-31(22-30)44-38(51)27-7-5-26(6-8-27)24-46-17-19-47(20-18-46)32-11-12-33-28(21-32)25-48(39(33)52)34-13-14-37(50)45(2)40(34)53/h5-8,11-12,15-16,21,23,30-31,34,43H,3-4,9-10,13-14,17-20,22,24-25H2,1-2H3,(H,44,51)/t30-,31-,34?/m1/s1. The normalized spacial score (nSPS) is 22.2. The van der Waals surface area contributed by atoms with Crippen LogP contribution in [0.15, 0.2) is 60.8 Å². The number of benzene rings is 2. The zero-order chi connectivity index (χ0) is 36.6. The van der Waals surface area contributed by atoms with Crippen molar-refractivity contribution in [1.82, 2.24) is 34.6 Å². The molecule has 1 unspecified atom stereocenters. The summed E-state index contributed by atoms with van der Waals surface area (Å²) in [6.07, 6.45) is 7.13. The van der Waals surface area contributed by atoms with Crippen LogP contribution in [0.1, 0.15) is 83.0 Å². The van der Waals surface area contributed by atoms with Crippen LogP contribution in [-0.2, 0) is 29.1 Å². The fraction of sp³-hybridized carbons (Fsp3) is 0.450. The van der Waals surface area contributed by atoms with Gasteiger partial charge in [0.15, 0.2) is 5.65 Å². The highest BCUT2D eigenvalue weighted by Crippen LogP contribution is 2.32. The summed E-state index contributed by atoms with van der Waals surface area (Å²) in [4.78, 5) is 63.4. The molecule has 13 nitrogen and oxygen atoms in total. The summed E-state index contributed by atoms with van der Waals surface area (Å²) < 4.78 is 1.85. The van der Waals surface area contributed by atoms with E-state index >= 15 is 0 Å². The van der Waals surface area contributed by atoms with Crippen LogP contribution in [0.4, 0.5) is 11.5 Å². The molecule has 3 fully saturated rings. The highest BCUT2D eigenvalue weighted by molar-refractivity contribution is 6.05. The lowest BCUT2D eigenvalue weighted by atomic mass is 10.0. The van der Waals surface area contributed by atoms with Crippen LogP contribution in [0, 0.1) is 0 Å². The first-order valence-corrected chi connectivity index (χ1v) is 19.0. The Hall–Kier alpha value is -5.30. The number of nitrogens with zero attached hydrogens (tertiary/aromatic N) is 7. The number of hydrogen-bond acceptors (Lipinski definition) is 9. The number of imide groups is 1. The second kappa shape index (κ2) is 14.6. The second-order valence-electron chi connectivity index (χ2n) is 14.9. The summed E-state index contributed by atoms with van der Waals surface area (Å²) in [6.45, 7) is 6.85. The summed E-state index contributed by atoms with van der Waals surface area (Å²) in [7, 11) is 1.49. The van der Waals surface area contributed by atoms with Crippen molar-refractivity contribution in [3.63, 3.8) is 0 Å². The molecular weight excluding hydrogens is 670 g/mol. The van der Waals surface area contributed by atoms with Gasteiger partial charge in [0.25, 0.3) is 17.7 Å². The molecule has 1 saturated carbocycles. The lowest BCUT2D eigenvalue weighted by molar-refractivity contribution is -0.150. The largest absolute Gasteiger partial charge is 0.369 e. The number of likely N-dealkylation sites (tertiary alicyclic amines) is 1. The number of likely N-dealkylation sites (N-methyl/N-ethyl adjacent to an activating group) is 1. The van der Waals surface area contributed by atoms with Gasteiger partial charge in [-0.25, -0.2) is 4.98 Å². The first kappa shape index (κ1) is 34.8. The summed E-state index contributed by atoms with van der Waals surface area (Å²) >= 11 is 0. The molecule has 0 bridgehead atoms. The third-order valence-electron chi connectivity index (χ3n) is 11.3. The lowest BCUT2D eigenvalue weighted by Gasteiger charge is -2.36. The SMILES string of the molecule is CCCc1cc(N[C@@H]2CC[C@@H](NC(=O)c3ccc(CN4CCN(c5ccc6c(c5)CN(C5CCC(=O)N(C)C5=O)C6=O)CC4)cc3)C2)n2nccc2n1. The fourth-order valence-electron chi connectivity index (χ4n) is 8.32. The summed E-state index contributed by atoms with van der Waals surface area (Å²) in [5, 5.41) is 11.4. The molecule has 1 aliphatic carbocycles. The van der Waals surface area contributed by atoms with Gasteiger partial charge in [-0.3, -0.25) is 29.0 Å². The Kier molecular flexibility index (Phi) is 9.59.